The lowest BCUT2D eigenvalue weighted by atomic mass is 10.1. The third-order valence-electron chi connectivity index (χ3n) is 8.49. The Morgan fingerprint density at radius 2 is 0.913 bits per heavy atom. The Hall–Kier alpha value is -5.88. The van der Waals surface area contributed by atoms with Gasteiger partial charge in [0.25, 0.3) is 0 Å². The van der Waals surface area contributed by atoms with Crippen molar-refractivity contribution >= 4 is 21.5 Å². The highest BCUT2D eigenvalue weighted by atomic mass is 15.1. The molecule has 4 aromatic heterocycles. The van der Waals surface area contributed by atoms with Gasteiger partial charge in [-0.05, 0) is 80.2 Å². The van der Waals surface area contributed by atoms with Crippen LogP contribution in [0.5, 0.6) is 0 Å². The molecule has 46 heavy (non-hydrogen) atoms. The van der Waals surface area contributed by atoms with Crippen molar-refractivity contribution in [3.63, 3.8) is 0 Å². The van der Waals surface area contributed by atoms with Gasteiger partial charge in [-0.25, -0.2) is 18.3 Å². The second-order valence-electron chi connectivity index (χ2n) is 12.0. The third-order valence-corrected chi connectivity index (χ3v) is 8.49. The molecule has 0 bridgehead atoms. The lowest BCUT2D eigenvalue weighted by Gasteiger charge is -2.05. The molecular weight excluding hydrogens is 564 g/mol. The number of rotatable bonds is 9. The van der Waals surface area contributed by atoms with Crippen LogP contribution >= 0.6 is 0 Å². The molecule has 0 amide bonds. The molecule has 6 nitrogen and oxygen atoms in total. The second kappa shape index (κ2) is 12.3. The summed E-state index contributed by atoms with van der Waals surface area (Å²) in [5.41, 5.74) is 6.72. The van der Waals surface area contributed by atoms with Crippen LogP contribution in [-0.4, -0.2) is 19.1 Å². The molecule has 222 valence electrons. The Morgan fingerprint density at radius 3 is 1.39 bits per heavy atom. The van der Waals surface area contributed by atoms with Gasteiger partial charge in [-0.15, -0.1) is 0 Å². The predicted molar refractivity (Wildman–Crippen MR) is 181 cm³/mol. The van der Waals surface area contributed by atoms with Crippen LogP contribution in [-0.2, 0) is 26.2 Å². The predicted octanol–water partition coefficient (Wildman–Crippen LogP) is 6.82. The summed E-state index contributed by atoms with van der Waals surface area (Å²) in [6, 6.07) is 38.8. The molecule has 0 fully saturated rings. The summed E-state index contributed by atoms with van der Waals surface area (Å²) in [7, 11) is 0. The fourth-order valence-electron chi connectivity index (χ4n) is 6.19. The third kappa shape index (κ3) is 6.19. The van der Waals surface area contributed by atoms with Crippen molar-refractivity contribution < 1.29 is 9.13 Å². The number of hydrogen-bond acceptors (Lipinski definition) is 2. The normalized spacial score (nSPS) is 11.4. The van der Waals surface area contributed by atoms with E-state index in [-0.39, 0.29) is 0 Å². The zero-order valence-electron chi connectivity index (χ0n) is 25.5. The van der Waals surface area contributed by atoms with E-state index in [4.69, 9.17) is 0 Å². The van der Waals surface area contributed by atoms with Crippen LogP contribution in [0.4, 0.5) is 0 Å². The summed E-state index contributed by atoms with van der Waals surface area (Å²) in [4.78, 5) is 9.34. The molecule has 0 aliphatic rings. The molecule has 4 heterocycles. The van der Waals surface area contributed by atoms with Crippen LogP contribution in [0.3, 0.4) is 0 Å². The Balaban J connectivity index is 0.928. The zero-order chi connectivity index (χ0) is 30.7. The van der Waals surface area contributed by atoms with E-state index in [1.54, 1.807) is 0 Å². The molecule has 6 heteroatoms. The van der Waals surface area contributed by atoms with E-state index in [9.17, 15) is 0 Å². The van der Waals surface area contributed by atoms with Crippen molar-refractivity contribution in [3.05, 3.63) is 181 Å². The summed E-state index contributed by atoms with van der Waals surface area (Å²) < 4.78 is 8.88. The van der Waals surface area contributed by atoms with Crippen molar-refractivity contribution in [3.8, 4) is 11.4 Å². The molecule has 0 aliphatic carbocycles. The standard InChI is InChI=1S/C40H34N6/c1-3-7-37-21-31(9-11-35(37)5-1)25-43-17-19-45(29-43)27-33-13-15-41-39(23-33)40-24-34(14-16-42-40)28-46-20-18-44(30-46)26-32-10-12-36-6-2-4-8-38(36)22-32/h1-24,29-30H,25-28H2/q+2. The van der Waals surface area contributed by atoms with E-state index in [2.05, 4.69) is 175 Å². The van der Waals surface area contributed by atoms with Crippen molar-refractivity contribution in [2.24, 2.45) is 0 Å². The molecule has 0 spiro atoms. The van der Waals surface area contributed by atoms with Gasteiger partial charge in [0.15, 0.2) is 0 Å². The Morgan fingerprint density at radius 1 is 0.457 bits per heavy atom. The molecule has 4 aromatic carbocycles. The van der Waals surface area contributed by atoms with Crippen LogP contribution in [0.15, 0.2) is 159 Å². The number of nitrogens with zero attached hydrogens (tertiary/aromatic N) is 6. The van der Waals surface area contributed by atoms with Gasteiger partial charge in [-0.3, -0.25) is 9.97 Å². The SMILES string of the molecule is c1ccc2cc(C[n+]3ccn(Cc4ccnc(-c5cc(Cn6cc[n+](Cc7ccc8ccccc8c7)c6)ccn5)c4)c3)ccc2c1. The Labute approximate surface area is 268 Å². The summed E-state index contributed by atoms with van der Waals surface area (Å²) in [5, 5.41) is 5.09. The maximum Gasteiger partial charge on any atom is 0.244 e. The van der Waals surface area contributed by atoms with Gasteiger partial charge in [0.2, 0.25) is 12.7 Å². The molecule has 0 radical (unpaired) electrons. The van der Waals surface area contributed by atoms with Crippen molar-refractivity contribution in [2.75, 3.05) is 0 Å². The molecule has 0 atom stereocenters. The minimum absolute atomic E-state index is 0.764. The van der Waals surface area contributed by atoms with E-state index in [0.717, 1.165) is 37.6 Å². The molecule has 0 N–H and O–H groups in total. The molecular formula is C40H34N6+2. The number of hydrogen-bond donors (Lipinski definition) is 0. The topological polar surface area (TPSA) is 43.4 Å². The molecule has 0 aliphatic heterocycles. The summed E-state index contributed by atoms with van der Waals surface area (Å²) in [6.07, 6.45) is 16.6. The molecule has 8 rings (SSSR count). The summed E-state index contributed by atoms with van der Waals surface area (Å²) >= 11 is 0. The lowest BCUT2D eigenvalue weighted by molar-refractivity contribution is -0.687. The summed E-state index contributed by atoms with van der Waals surface area (Å²) in [5.74, 6) is 0. The minimum atomic E-state index is 0.764. The lowest BCUT2D eigenvalue weighted by Crippen LogP contribution is -2.31. The molecule has 0 saturated heterocycles. The first-order chi connectivity index (χ1) is 22.7. The van der Waals surface area contributed by atoms with Crippen LogP contribution in [0.1, 0.15) is 22.3 Å². The Kier molecular flexibility index (Phi) is 7.36. The average Bonchev–Trinajstić information content (AvgIpc) is 3.73. The first-order valence-electron chi connectivity index (χ1n) is 15.7. The highest BCUT2D eigenvalue weighted by molar-refractivity contribution is 5.83. The van der Waals surface area contributed by atoms with E-state index < -0.39 is 0 Å². The maximum absolute atomic E-state index is 4.67. The van der Waals surface area contributed by atoms with E-state index >= 15 is 0 Å². The van der Waals surface area contributed by atoms with Gasteiger partial charge in [0.1, 0.15) is 51.0 Å². The zero-order valence-corrected chi connectivity index (χ0v) is 25.5. The number of imidazole rings is 2. The van der Waals surface area contributed by atoms with Crippen molar-refractivity contribution in [1.82, 2.24) is 19.1 Å². The molecule has 0 saturated carbocycles. The maximum atomic E-state index is 4.67. The first kappa shape index (κ1) is 27.7. The minimum Gasteiger partial charge on any atom is -0.255 e. The van der Waals surface area contributed by atoms with E-state index in [0.29, 0.717) is 0 Å². The fraction of sp³-hybridized carbons (Fsp3) is 0.100. The summed E-state index contributed by atoms with van der Waals surface area (Å²) in [6.45, 7) is 3.20. The van der Waals surface area contributed by atoms with Gasteiger partial charge in [-0.1, -0.05) is 72.8 Å². The number of aromatic nitrogens is 6. The van der Waals surface area contributed by atoms with Crippen LogP contribution in [0.2, 0.25) is 0 Å². The van der Waals surface area contributed by atoms with Gasteiger partial charge < -0.3 is 0 Å². The number of benzene rings is 4. The number of pyridine rings is 2. The Bertz CT molecular complexity index is 2130. The van der Waals surface area contributed by atoms with Crippen LogP contribution < -0.4 is 9.13 Å². The first-order valence-corrected chi connectivity index (χ1v) is 15.7. The van der Waals surface area contributed by atoms with E-state index in [1.165, 1.54) is 43.8 Å². The van der Waals surface area contributed by atoms with Gasteiger partial charge >= 0.3 is 0 Å². The smallest absolute Gasteiger partial charge is 0.244 e. The van der Waals surface area contributed by atoms with Crippen molar-refractivity contribution in [2.45, 2.75) is 26.2 Å². The molecule has 0 unspecified atom stereocenters. The fourth-order valence-corrected chi connectivity index (χ4v) is 6.19. The second-order valence-corrected chi connectivity index (χ2v) is 12.0. The van der Waals surface area contributed by atoms with Crippen molar-refractivity contribution in [1.29, 1.82) is 0 Å². The highest BCUT2D eigenvalue weighted by Gasteiger charge is 2.11. The van der Waals surface area contributed by atoms with Crippen LogP contribution in [0.25, 0.3) is 32.9 Å². The van der Waals surface area contributed by atoms with E-state index in [1.807, 2.05) is 12.4 Å². The van der Waals surface area contributed by atoms with Crippen LogP contribution in [0, 0.1) is 0 Å². The molecule has 8 aromatic rings. The van der Waals surface area contributed by atoms with Gasteiger partial charge in [0, 0.05) is 12.4 Å². The monoisotopic (exact) mass is 598 g/mol. The van der Waals surface area contributed by atoms with Gasteiger partial charge in [-0.2, -0.15) is 0 Å². The largest absolute Gasteiger partial charge is 0.255 e. The quantitative estimate of drug-likeness (QED) is 0.171. The highest BCUT2D eigenvalue weighted by Crippen LogP contribution is 2.19. The van der Waals surface area contributed by atoms with Gasteiger partial charge in [0.05, 0.1) is 11.4 Å². The number of fused-ring (bicyclic) bond motifs is 2. The average molecular weight is 599 g/mol.